The highest BCUT2D eigenvalue weighted by Gasteiger charge is 2.08. The number of likely N-dealkylation sites (N-methyl/N-ethyl adjacent to an activating group) is 1. The molecule has 2 aromatic rings. The predicted octanol–water partition coefficient (Wildman–Crippen LogP) is 3.73. The van der Waals surface area contributed by atoms with E-state index in [2.05, 4.69) is 36.3 Å². The first-order valence-electron chi connectivity index (χ1n) is 10.7. The number of nitrogens with zero attached hydrogens (tertiary/aromatic N) is 1. The molecule has 0 radical (unpaired) electrons. The third-order valence-electron chi connectivity index (χ3n) is 4.97. The van der Waals surface area contributed by atoms with Crippen LogP contribution in [-0.2, 0) is 11.2 Å². The summed E-state index contributed by atoms with van der Waals surface area (Å²) in [7, 11) is 0. The van der Waals surface area contributed by atoms with Gasteiger partial charge in [-0.05, 0) is 61.5 Å². The molecule has 0 heterocycles. The molecule has 0 aliphatic heterocycles. The lowest BCUT2D eigenvalue weighted by Crippen LogP contribution is -2.34. The highest BCUT2D eigenvalue weighted by atomic mass is 16.5. The third-order valence-corrected chi connectivity index (χ3v) is 4.97. The minimum Gasteiger partial charge on any atom is -0.493 e. The molecule has 0 saturated heterocycles. The highest BCUT2D eigenvalue weighted by molar-refractivity contribution is 5.95. The lowest BCUT2D eigenvalue weighted by Gasteiger charge is -2.18. The minimum absolute atomic E-state index is 0.109. The number of carbonyl (C=O) groups is 2. The zero-order valence-electron chi connectivity index (χ0n) is 18.2. The van der Waals surface area contributed by atoms with Crippen molar-refractivity contribution in [1.29, 1.82) is 0 Å². The first-order chi connectivity index (χ1) is 14.5. The summed E-state index contributed by atoms with van der Waals surface area (Å²) < 4.78 is 5.62. The fourth-order valence-corrected chi connectivity index (χ4v) is 2.98. The van der Waals surface area contributed by atoms with Gasteiger partial charge in [-0.1, -0.05) is 32.9 Å². The van der Waals surface area contributed by atoms with Crippen molar-refractivity contribution < 1.29 is 14.3 Å². The molecule has 2 rings (SSSR count). The van der Waals surface area contributed by atoms with E-state index in [1.165, 1.54) is 5.56 Å². The topological polar surface area (TPSA) is 70.7 Å². The number of ether oxygens (including phenoxy) is 1. The maximum atomic E-state index is 12.2. The number of nitrogens with one attached hydrogen (secondary N) is 2. The quantitative estimate of drug-likeness (QED) is 0.558. The number of carbonyl (C=O) groups excluding carboxylic acids is 2. The van der Waals surface area contributed by atoms with Crippen LogP contribution in [0.4, 0.5) is 5.69 Å². The van der Waals surface area contributed by atoms with Gasteiger partial charge in [-0.3, -0.25) is 9.59 Å². The van der Waals surface area contributed by atoms with E-state index in [1.54, 1.807) is 24.3 Å². The molecule has 30 heavy (non-hydrogen) atoms. The fourth-order valence-electron chi connectivity index (χ4n) is 2.98. The molecule has 162 valence electrons. The van der Waals surface area contributed by atoms with Gasteiger partial charge in [-0.15, -0.1) is 0 Å². The van der Waals surface area contributed by atoms with Crippen molar-refractivity contribution in [1.82, 2.24) is 10.2 Å². The Bertz CT molecular complexity index is 784. The van der Waals surface area contributed by atoms with E-state index in [9.17, 15) is 9.59 Å². The van der Waals surface area contributed by atoms with Gasteiger partial charge in [0.25, 0.3) is 5.91 Å². The minimum atomic E-state index is -0.128. The van der Waals surface area contributed by atoms with Crippen molar-refractivity contribution in [2.24, 2.45) is 0 Å². The Morgan fingerprint density at radius 3 is 2.20 bits per heavy atom. The first-order valence-corrected chi connectivity index (χ1v) is 10.7. The second-order valence-electron chi connectivity index (χ2n) is 7.00. The average molecular weight is 412 g/mol. The van der Waals surface area contributed by atoms with Crippen LogP contribution in [0.15, 0.2) is 48.5 Å². The number of benzene rings is 2. The summed E-state index contributed by atoms with van der Waals surface area (Å²) in [5.74, 6) is 0.524. The van der Waals surface area contributed by atoms with Crippen LogP contribution in [0.1, 0.15) is 43.1 Å². The lowest BCUT2D eigenvalue weighted by molar-refractivity contribution is -0.116. The van der Waals surface area contributed by atoms with Crippen LogP contribution in [0.2, 0.25) is 0 Å². The largest absolute Gasteiger partial charge is 0.493 e. The van der Waals surface area contributed by atoms with Crippen molar-refractivity contribution in [2.45, 2.75) is 33.6 Å². The van der Waals surface area contributed by atoms with E-state index in [4.69, 9.17) is 4.74 Å². The van der Waals surface area contributed by atoms with Crippen molar-refractivity contribution >= 4 is 17.5 Å². The standard InChI is InChI=1S/C24H33N3O3/c1-4-19-7-13-22(14-8-19)30-18-15-23(28)26-21-11-9-20(10-12-21)24(29)25-16-17-27(5-2)6-3/h7-14H,4-6,15-18H2,1-3H3,(H,25,29)(H,26,28). The molecule has 0 fully saturated rings. The number of hydrogen-bond donors (Lipinski definition) is 2. The van der Waals surface area contributed by atoms with Crippen molar-refractivity contribution in [2.75, 3.05) is 38.1 Å². The fraction of sp³-hybridized carbons (Fsp3) is 0.417. The van der Waals surface area contributed by atoms with Gasteiger partial charge in [0.1, 0.15) is 5.75 Å². The molecule has 0 atom stereocenters. The van der Waals surface area contributed by atoms with Gasteiger partial charge in [0.15, 0.2) is 0 Å². The van der Waals surface area contributed by atoms with Crippen LogP contribution in [0.25, 0.3) is 0 Å². The molecule has 0 bridgehead atoms. The first kappa shape index (κ1) is 23.4. The molecule has 0 aromatic heterocycles. The van der Waals surface area contributed by atoms with Gasteiger partial charge in [0.05, 0.1) is 13.0 Å². The molecule has 0 unspecified atom stereocenters. The van der Waals surface area contributed by atoms with E-state index < -0.39 is 0 Å². The molecule has 0 saturated carbocycles. The van der Waals surface area contributed by atoms with E-state index in [0.29, 0.717) is 24.4 Å². The molecule has 6 nitrogen and oxygen atoms in total. The monoisotopic (exact) mass is 411 g/mol. The Balaban J connectivity index is 1.72. The van der Waals surface area contributed by atoms with E-state index >= 15 is 0 Å². The molecule has 0 aliphatic rings. The van der Waals surface area contributed by atoms with Gasteiger partial charge in [0.2, 0.25) is 5.91 Å². The summed E-state index contributed by atoms with van der Waals surface area (Å²) in [6.45, 7) is 10.0. The second-order valence-corrected chi connectivity index (χ2v) is 7.00. The lowest BCUT2D eigenvalue weighted by atomic mass is 10.2. The summed E-state index contributed by atoms with van der Waals surface area (Å²) in [4.78, 5) is 26.6. The SMILES string of the molecule is CCc1ccc(OCCC(=O)Nc2ccc(C(=O)NCCN(CC)CC)cc2)cc1. The zero-order chi connectivity index (χ0) is 21.8. The van der Waals surface area contributed by atoms with Crippen molar-refractivity contribution in [3.8, 4) is 5.75 Å². The van der Waals surface area contributed by atoms with Crippen LogP contribution >= 0.6 is 0 Å². The van der Waals surface area contributed by atoms with Crippen molar-refractivity contribution in [3.05, 3.63) is 59.7 Å². The summed E-state index contributed by atoms with van der Waals surface area (Å²) in [5.41, 5.74) is 2.49. The van der Waals surface area contributed by atoms with Gasteiger partial charge in [-0.25, -0.2) is 0 Å². The Hall–Kier alpha value is -2.86. The molecule has 0 aliphatic carbocycles. The van der Waals surface area contributed by atoms with E-state index in [-0.39, 0.29) is 18.2 Å². The number of hydrogen-bond acceptors (Lipinski definition) is 4. The van der Waals surface area contributed by atoms with Crippen molar-refractivity contribution in [3.63, 3.8) is 0 Å². The highest BCUT2D eigenvalue weighted by Crippen LogP contribution is 2.13. The number of rotatable bonds is 12. The Labute approximate surface area is 179 Å². The van der Waals surface area contributed by atoms with E-state index in [0.717, 1.165) is 31.8 Å². The molecule has 0 spiro atoms. The van der Waals surface area contributed by atoms with Crippen LogP contribution in [0.5, 0.6) is 5.75 Å². The van der Waals surface area contributed by atoms with Crippen LogP contribution in [0.3, 0.4) is 0 Å². The second kappa shape index (κ2) is 12.6. The maximum absolute atomic E-state index is 12.2. The molecular weight excluding hydrogens is 378 g/mol. The van der Waals surface area contributed by atoms with Crippen LogP contribution in [-0.4, -0.2) is 49.5 Å². The average Bonchev–Trinajstić information content (AvgIpc) is 2.77. The molecule has 2 N–H and O–H groups in total. The van der Waals surface area contributed by atoms with Gasteiger partial charge in [0, 0.05) is 24.3 Å². The normalized spacial score (nSPS) is 10.7. The number of amides is 2. The van der Waals surface area contributed by atoms with Crippen LogP contribution < -0.4 is 15.4 Å². The third kappa shape index (κ3) is 7.87. The Kier molecular flexibility index (Phi) is 9.87. The Morgan fingerprint density at radius 1 is 0.933 bits per heavy atom. The molecule has 2 aromatic carbocycles. The number of anilines is 1. The van der Waals surface area contributed by atoms with Gasteiger partial charge in [-0.2, -0.15) is 0 Å². The van der Waals surface area contributed by atoms with E-state index in [1.807, 2.05) is 24.3 Å². The number of aryl methyl sites for hydroxylation is 1. The molecule has 2 amide bonds. The summed E-state index contributed by atoms with van der Waals surface area (Å²) in [5, 5.41) is 5.75. The summed E-state index contributed by atoms with van der Waals surface area (Å²) >= 11 is 0. The van der Waals surface area contributed by atoms with Crippen LogP contribution in [0, 0.1) is 0 Å². The molecular formula is C24H33N3O3. The zero-order valence-corrected chi connectivity index (χ0v) is 18.2. The molecule has 6 heteroatoms. The Morgan fingerprint density at radius 2 is 1.60 bits per heavy atom. The summed E-state index contributed by atoms with van der Waals surface area (Å²) in [6, 6.07) is 14.8. The van der Waals surface area contributed by atoms with Gasteiger partial charge >= 0.3 is 0 Å². The maximum Gasteiger partial charge on any atom is 0.251 e. The summed E-state index contributed by atoms with van der Waals surface area (Å²) in [6.07, 6.45) is 1.24. The predicted molar refractivity (Wildman–Crippen MR) is 121 cm³/mol. The van der Waals surface area contributed by atoms with Gasteiger partial charge < -0.3 is 20.3 Å². The smallest absolute Gasteiger partial charge is 0.251 e.